The van der Waals surface area contributed by atoms with E-state index in [1.54, 1.807) is 31.3 Å². The van der Waals surface area contributed by atoms with Crippen LogP contribution in [0.3, 0.4) is 0 Å². The van der Waals surface area contributed by atoms with Crippen molar-refractivity contribution in [1.82, 2.24) is 0 Å². The molecule has 0 radical (unpaired) electrons. The number of carbonyl (C=O) groups is 2. The highest BCUT2D eigenvalue weighted by molar-refractivity contribution is 5.93. The third-order valence-corrected chi connectivity index (χ3v) is 1.97. The Morgan fingerprint density at radius 1 is 1.47 bits per heavy atom. The second kappa shape index (κ2) is 4.45. The molecular formula is C10H17N3O2. The smallest absolute Gasteiger partial charge is 0.316 e. The van der Waals surface area contributed by atoms with E-state index >= 15 is 0 Å². The lowest BCUT2D eigenvalue weighted by Crippen LogP contribution is -2.23. The van der Waals surface area contributed by atoms with Crippen LogP contribution in [-0.2, 0) is 4.79 Å². The molecule has 3 N–H and O–H groups in total. The standard InChI is InChI=1S/C10H13N3O2.2H2/c1-7(14)13(2)9-5-3-4-8(6-9)12-10(11)15;;/h3-6H,1-2H3,(H3,11,12,15);2*1H. The fourth-order valence-electron chi connectivity index (χ4n) is 1.12. The zero-order valence-electron chi connectivity index (χ0n) is 8.65. The summed E-state index contributed by atoms with van der Waals surface area (Å²) in [6.45, 7) is 1.47. The van der Waals surface area contributed by atoms with Crippen LogP contribution in [-0.4, -0.2) is 19.0 Å². The molecule has 0 heterocycles. The number of amides is 3. The second-order valence-electron chi connectivity index (χ2n) is 3.12. The molecule has 0 atom stereocenters. The molecule has 0 saturated heterocycles. The van der Waals surface area contributed by atoms with Crippen LogP contribution < -0.4 is 16.0 Å². The van der Waals surface area contributed by atoms with Crippen LogP contribution in [0.15, 0.2) is 24.3 Å². The van der Waals surface area contributed by atoms with Crippen LogP contribution in [0, 0.1) is 0 Å². The molecule has 0 fully saturated rings. The van der Waals surface area contributed by atoms with Crippen LogP contribution in [0.4, 0.5) is 16.2 Å². The van der Waals surface area contributed by atoms with Gasteiger partial charge < -0.3 is 16.0 Å². The first-order valence-corrected chi connectivity index (χ1v) is 4.41. The monoisotopic (exact) mass is 211 g/mol. The summed E-state index contributed by atoms with van der Waals surface area (Å²) in [5.41, 5.74) is 6.25. The zero-order chi connectivity index (χ0) is 11.4. The molecule has 1 aromatic rings. The molecule has 0 bridgehead atoms. The quantitative estimate of drug-likeness (QED) is 0.780. The van der Waals surface area contributed by atoms with Crippen LogP contribution >= 0.6 is 0 Å². The average molecular weight is 211 g/mol. The van der Waals surface area contributed by atoms with Gasteiger partial charge in [-0.2, -0.15) is 0 Å². The van der Waals surface area contributed by atoms with E-state index in [9.17, 15) is 9.59 Å². The van der Waals surface area contributed by atoms with Crippen molar-refractivity contribution in [1.29, 1.82) is 0 Å². The molecule has 0 spiro atoms. The van der Waals surface area contributed by atoms with Gasteiger partial charge >= 0.3 is 6.03 Å². The normalized spacial score (nSPS) is 9.47. The van der Waals surface area contributed by atoms with Crippen molar-refractivity contribution in [3.8, 4) is 0 Å². The van der Waals surface area contributed by atoms with E-state index in [1.807, 2.05) is 0 Å². The highest BCUT2D eigenvalue weighted by atomic mass is 16.2. The highest BCUT2D eigenvalue weighted by Crippen LogP contribution is 2.18. The third kappa shape index (κ3) is 2.98. The zero-order valence-corrected chi connectivity index (χ0v) is 8.65. The average Bonchev–Trinajstić information content (AvgIpc) is 2.16. The molecule has 0 aliphatic heterocycles. The topological polar surface area (TPSA) is 75.4 Å². The van der Waals surface area contributed by atoms with Gasteiger partial charge in [0.25, 0.3) is 0 Å². The number of rotatable bonds is 2. The number of nitrogens with two attached hydrogens (primary N) is 1. The van der Waals surface area contributed by atoms with Crippen molar-refractivity contribution in [3.63, 3.8) is 0 Å². The Morgan fingerprint density at radius 3 is 2.67 bits per heavy atom. The minimum atomic E-state index is -0.627. The minimum Gasteiger partial charge on any atom is -0.351 e. The summed E-state index contributed by atoms with van der Waals surface area (Å²) >= 11 is 0. The van der Waals surface area contributed by atoms with Gasteiger partial charge in [-0.1, -0.05) is 6.07 Å². The molecular weight excluding hydrogens is 194 g/mol. The summed E-state index contributed by atoms with van der Waals surface area (Å²) in [5.74, 6) is -0.0776. The summed E-state index contributed by atoms with van der Waals surface area (Å²) in [4.78, 5) is 23.2. The molecule has 1 aromatic carbocycles. The van der Waals surface area contributed by atoms with Gasteiger partial charge in [-0.25, -0.2) is 4.79 Å². The molecule has 5 heteroatoms. The van der Waals surface area contributed by atoms with Crippen LogP contribution in [0.1, 0.15) is 9.78 Å². The Labute approximate surface area is 90.8 Å². The van der Waals surface area contributed by atoms with Crippen molar-refractivity contribution in [2.45, 2.75) is 6.92 Å². The molecule has 5 nitrogen and oxygen atoms in total. The number of hydrogen-bond donors (Lipinski definition) is 2. The minimum absolute atomic E-state index is 0. The molecule has 0 unspecified atom stereocenters. The molecule has 0 aliphatic carbocycles. The molecule has 84 valence electrons. The summed E-state index contributed by atoms with van der Waals surface area (Å²) in [6, 6.07) is 6.25. The largest absolute Gasteiger partial charge is 0.351 e. The first-order valence-electron chi connectivity index (χ1n) is 4.41. The number of nitrogens with zero attached hydrogens (tertiary/aromatic N) is 1. The van der Waals surface area contributed by atoms with Gasteiger partial charge in [0.15, 0.2) is 0 Å². The lowest BCUT2D eigenvalue weighted by molar-refractivity contribution is -0.116. The van der Waals surface area contributed by atoms with E-state index in [0.29, 0.717) is 11.4 Å². The van der Waals surface area contributed by atoms with Crippen molar-refractivity contribution in [3.05, 3.63) is 24.3 Å². The van der Waals surface area contributed by atoms with Crippen molar-refractivity contribution in [2.75, 3.05) is 17.3 Å². The highest BCUT2D eigenvalue weighted by Gasteiger charge is 2.06. The number of hydrogen-bond acceptors (Lipinski definition) is 2. The van der Waals surface area contributed by atoms with Gasteiger partial charge in [-0.15, -0.1) is 0 Å². The van der Waals surface area contributed by atoms with Crippen molar-refractivity contribution in [2.24, 2.45) is 5.73 Å². The summed E-state index contributed by atoms with van der Waals surface area (Å²) in [5, 5.41) is 2.44. The third-order valence-electron chi connectivity index (χ3n) is 1.97. The van der Waals surface area contributed by atoms with E-state index < -0.39 is 6.03 Å². The van der Waals surface area contributed by atoms with E-state index in [1.165, 1.54) is 11.8 Å². The Morgan fingerprint density at radius 2 is 2.13 bits per heavy atom. The summed E-state index contributed by atoms with van der Waals surface area (Å²) < 4.78 is 0. The summed E-state index contributed by atoms with van der Waals surface area (Å²) in [6.07, 6.45) is 0. The number of urea groups is 1. The van der Waals surface area contributed by atoms with E-state index in [2.05, 4.69) is 5.32 Å². The van der Waals surface area contributed by atoms with Crippen LogP contribution in [0.25, 0.3) is 0 Å². The maximum Gasteiger partial charge on any atom is 0.316 e. The van der Waals surface area contributed by atoms with Crippen LogP contribution in [0.2, 0.25) is 0 Å². The van der Waals surface area contributed by atoms with Gasteiger partial charge in [0.2, 0.25) is 5.91 Å². The SMILES string of the molecule is CC(=O)N(C)c1cccc(NC(N)=O)c1.[HH].[HH]. The number of benzene rings is 1. The molecule has 1 rings (SSSR count). The fraction of sp³-hybridized carbons (Fsp3) is 0.200. The Bertz CT molecular complexity index is 399. The Kier molecular flexibility index (Phi) is 3.28. The molecule has 0 aliphatic rings. The fourth-order valence-corrected chi connectivity index (χ4v) is 1.12. The van der Waals surface area contributed by atoms with E-state index in [-0.39, 0.29) is 8.76 Å². The predicted molar refractivity (Wildman–Crippen MR) is 63.0 cm³/mol. The van der Waals surface area contributed by atoms with Crippen molar-refractivity contribution >= 4 is 23.3 Å². The lowest BCUT2D eigenvalue weighted by atomic mass is 10.2. The van der Waals surface area contributed by atoms with E-state index in [0.717, 1.165) is 0 Å². The summed E-state index contributed by atoms with van der Waals surface area (Å²) in [7, 11) is 1.66. The van der Waals surface area contributed by atoms with Gasteiger partial charge in [-0.3, -0.25) is 4.79 Å². The first-order chi connectivity index (χ1) is 7.00. The Hall–Kier alpha value is -2.04. The number of anilines is 2. The first kappa shape index (κ1) is 11.0. The maximum atomic E-state index is 11.1. The number of primary amides is 1. The van der Waals surface area contributed by atoms with Crippen LogP contribution in [0.5, 0.6) is 0 Å². The molecule has 3 amide bonds. The van der Waals surface area contributed by atoms with E-state index in [4.69, 9.17) is 5.73 Å². The maximum absolute atomic E-state index is 11.1. The van der Waals surface area contributed by atoms with Gasteiger partial charge in [0, 0.05) is 28.2 Å². The van der Waals surface area contributed by atoms with Gasteiger partial charge in [0.1, 0.15) is 0 Å². The van der Waals surface area contributed by atoms with Gasteiger partial charge in [0.05, 0.1) is 0 Å². The molecule has 0 saturated carbocycles. The number of carbonyl (C=O) groups excluding carboxylic acids is 2. The lowest BCUT2D eigenvalue weighted by Gasteiger charge is -2.15. The molecule has 0 aromatic heterocycles. The Balaban J connectivity index is 0. The molecule has 15 heavy (non-hydrogen) atoms. The number of nitrogens with one attached hydrogen (secondary N) is 1. The second-order valence-corrected chi connectivity index (χ2v) is 3.12. The van der Waals surface area contributed by atoms with Gasteiger partial charge in [-0.05, 0) is 18.2 Å². The van der Waals surface area contributed by atoms with Crippen molar-refractivity contribution < 1.29 is 12.4 Å². The predicted octanol–water partition coefficient (Wildman–Crippen LogP) is 1.65.